The Labute approximate surface area is 118 Å². The predicted octanol–water partition coefficient (Wildman–Crippen LogP) is 3.21. The zero-order chi connectivity index (χ0) is 14.9. The number of anilines is 1. The highest BCUT2D eigenvalue weighted by Crippen LogP contribution is 2.36. The first kappa shape index (κ1) is 14.9. The smallest absolute Gasteiger partial charge is 0.393 e. The number of rotatable bonds is 2. The molecule has 0 radical (unpaired) electrons. The molecule has 2 heterocycles. The Morgan fingerprint density at radius 3 is 2.75 bits per heavy atom. The van der Waals surface area contributed by atoms with Crippen LogP contribution in [0.3, 0.4) is 0 Å². The molecule has 0 amide bonds. The molecule has 8 heteroatoms. The van der Waals surface area contributed by atoms with E-state index >= 15 is 0 Å². The number of aromatic carboxylic acids is 1. The lowest BCUT2D eigenvalue weighted by Crippen LogP contribution is -2.42. The average Bonchev–Trinajstić information content (AvgIpc) is 2.37. The quantitative estimate of drug-likeness (QED) is 0.911. The summed E-state index contributed by atoms with van der Waals surface area (Å²) < 4.78 is 38.2. The molecule has 2 rings (SSSR count). The van der Waals surface area contributed by atoms with Crippen molar-refractivity contribution in [1.29, 1.82) is 0 Å². The highest BCUT2D eigenvalue weighted by Gasteiger charge is 2.42. The van der Waals surface area contributed by atoms with Crippen LogP contribution in [0.2, 0.25) is 5.02 Å². The Bertz CT molecular complexity index is 522. The average molecular weight is 309 g/mol. The van der Waals surface area contributed by atoms with Crippen molar-refractivity contribution < 1.29 is 23.1 Å². The number of carboxylic acid groups (broad SMARTS) is 1. The molecule has 4 nitrogen and oxygen atoms in total. The van der Waals surface area contributed by atoms with Crippen molar-refractivity contribution in [3.63, 3.8) is 0 Å². The molecule has 0 aromatic carbocycles. The summed E-state index contributed by atoms with van der Waals surface area (Å²) in [5.74, 6) is -2.39. The minimum atomic E-state index is -4.24. The second kappa shape index (κ2) is 5.47. The van der Waals surface area contributed by atoms with Crippen molar-refractivity contribution in [2.24, 2.45) is 5.92 Å². The standard InChI is InChI=1S/C12H12ClF3N2O2/c13-9-4-7(11(19)20)5-17-10(9)18-3-1-2-8(6-18)12(14,15)16/h4-5,8H,1-3,6H2,(H,19,20). The van der Waals surface area contributed by atoms with Crippen LogP contribution in [0.4, 0.5) is 19.0 Å². The van der Waals surface area contributed by atoms with Gasteiger partial charge < -0.3 is 10.0 Å². The Hall–Kier alpha value is -1.50. The molecule has 1 unspecified atom stereocenters. The maximum absolute atomic E-state index is 12.7. The fourth-order valence-electron chi connectivity index (χ4n) is 2.22. The van der Waals surface area contributed by atoms with Gasteiger partial charge in [-0.3, -0.25) is 0 Å². The van der Waals surface area contributed by atoms with E-state index in [4.69, 9.17) is 16.7 Å². The molecule has 1 N–H and O–H groups in total. The number of halogens is 4. The number of hydrogen-bond donors (Lipinski definition) is 1. The lowest BCUT2D eigenvalue weighted by atomic mass is 9.97. The van der Waals surface area contributed by atoms with E-state index in [1.807, 2.05) is 0 Å². The summed E-state index contributed by atoms with van der Waals surface area (Å²) in [6, 6.07) is 1.20. The fraction of sp³-hybridized carbons (Fsp3) is 0.500. The van der Waals surface area contributed by atoms with Gasteiger partial charge in [0, 0.05) is 19.3 Å². The second-order valence-electron chi connectivity index (χ2n) is 4.66. The highest BCUT2D eigenvalue weighted by molar-refractivity contribution is 6.33. The maximum atomic E-state index is 12.7. The van der Waals surface area contributed by atoms with Gasteiger partial charge in [-0.25, -0.2) is 9.78 Å². The minimum Gasteiger partial charge on any atom is -0.478 e. The first-order chi connectivity index (χ1) is 9.29. The second-order valence-corrected chi connectivity index (χ2v) is 5.07. The molecule has 1 aromatic heterocycles. The Balaban J connectivity index is 2.21. The van der Waals surface area contributed by atoms with Gasteiger partial charge in [-0.2, -0.15) is 13.2 Å². The van der Waals surface area contributed by atoms with Gasteiger partial charge in [0.25, 0.3) is 0 Å². The van der Waals surface area contributed by atoms with E-state index in [2.05, 4.69) is 4.98 Å². The third kappa shape index (κ3) is 3.15. The van der Waals surface area contributed by atoms with Crippen molar-refractivity contribution >= 4 is 23.4 Å². The van der Waals surface area contributed by atoms with E-state index in [0.29, 0.717) is 13.0 Å². The van der Waals surface area contributed by atoms with E-state index in [1.165, 1.54) is 11.0 Å². The van der Waals surface area contributed by atoms with Crippen LogP contribution < -0.4 is 4.90 Å². The van der Waals surface area contributed by atoms with Crippen molar-refractivity contribution in [2.75, 3.05) is 18.0 Å². The Kier molecular flexibility index (Phi) is 4.08. The van der Waals surface area contributed by atoms with Crippen LogP contribution in [-0.4, -0.2) is 35.3 Å². The molecule has 1 aliphatic heterocycles. The molecule has 1 fully saturated rings. The number of hydrogen-bond acceptors (Lipinski definition) is 3. The predicted molar refractivity (Wildman–Crippen MR) is 67.2 cm³/mol. The normalized spacial score (nSPS) is 20.0. The van der Waals surface area contributed by atoms with E-state index in [9.17, 15) is 18.0 Å². The molecule has 1 atom stereocenters. The van der Waals surface area contributed by atoms with Gasteiger partial charge in [0.1, 0.15) is 5.82 Å². The highest BCUT2D eigenvalue weighted by atomic mass is 35.5. The Morgan fingerprint density at radius 1 is 1.50 bits per heavy atom. The Morgan fingerprint density at radius 2 is 2.20 bits per heavy atom. The van der Waals surface area contributed by atoms with Crippen LogP contribution in [0.1, 0.15) is 23.2 Å². The van der Waals surface area contributed by atoms with Gasteiger partial charge >= 0.3 is 12.1 Å². The van der Waals surface area contributed by atoms with E-state index in [1.54, 1.807) is 0 Å². The van der Waals surface area contributed by atoms with Gasteiger partial charge in [-0.1, -0.05) is 11.6 Å². The molecule has 0 aliphatic carbocycles. The number of pyridine rings is 1. The molecule has 110 valence electrons. The van der Waals surface area contributed by atoms with Gasteiger partial charge in [-0.05, 0) is 18.9 Å². The van der Waals surface area contributed by atoms with E-state index in [0.717, 1.165) is 6.20 Å². The molecular weight excluding hydrogens is 297 g/mol. The number of piperidine rings is 1. The summed E-state index contributed by atoms with van der Waals surface area (Å²) in [7, 11) is 0. The molecule has 20 heavy (non-hydrogen) atoms. The van der Waals surface area contributed by atoms with E-state index < -0.39 is 18.1 Å². The van der Waals surface area contributed by atoms with Crippen LogP contribution in [0.5, 0.6) is 0 Å². The monoisotopic (exact) mass is 308 g/mol. The van der Waals surface area contributed by atoms with Crippen molar-refractivity contribution in [3.8, 4) is 0 Å². The molecule has 0 spiro atoms. The molecule has 0 bridgehead atoms. The summed E-state index contributed by atoms with van der Waals surface area (Å²) in [4.78, 5) is 16.1. The third-order valence-electron chi connectivity index (χ3n) is 3.25. The van der Waals surface area contributed by atoms with Crippen LogP contribution in [-0.2, 0) is 0 Å². The largest absolute Gasteiger partial charge is 0.478 e. The minimum absolute atomic E-state index is 0.0488. The molecular formula is C12H12ClF3N2O2. The number of carbonyl (C=O) groups is 1. The lowest BCUT2D eigenvalue weighted by Gasteiger charge is -2.34. The summed E-state index contributed by atoms with van der Waals surface area (Å²) in [6.07, 6.45) is -2.67. The van der Waals surface area contributed by atoms with Crippen LogP contribution in [0.25, 0.3) is 0 Å². The number of carboxylic acids is 1. The number of nitrogens with zero attached hydrogens (tertiary/aromatic N) is 2. The first-order valence-corrected chi connectivity index (χ1v) is 6.37. The van der Waals surface area contributed by atoms with Gasteiger partial charge in [-0.15, -0.1) is 0 Å². The van der Waals surface area contributed by atoms with Crippen molar-refractivity contribution in [1.82, 2.24) is 4.98 Å². The third-order valence-corrected chi connectivity index (χ3v) is 3.53. The first-order valence-electron chi connectivity index (χ1n) is 5.99. The SMILES string of the molecule is O=C(O)c1cnc(N2CCCC(C(F)(F)F)C2)c(Cl)c1. The molecule has 1 aromatic rings. The topological polar surface area (TPSA) is 53.4 Å². The van der Waals surface area contributed by atoms with Gasteiger partial charge in [0.15, 0.2) is 0 Å². The van der Waals surface area contributed by atoms with Gasteiger partial charge in [0.05, 0.1) is 16.5 Å². The van der Waals surface area contributed by atoms with Crippen LogP contribution in [0, 0.1) is 5.92 Å². The number of alkyl halides is 3. The van der Waals surface area contributed by atoms with Gasteiger partial charge in [0.2, 0.25) is 0 Å². The van der Waals surface area contributed by atoms with Crippen molar-refractivity contribution in [3.05, 3.63) is 22.8 Å². The van der Waals surface area contributed by atoms with Crippen molar-refractivity contribution in [2.45, 2.75) is 19.0 Å². The van der Waals surface area contributed by atoms with Crippen LogP contribution >= 0.6 is 11.6 Å². The maximum Gasteiger partial charge on any atom is 0.393 e. The fourth-order valence-corrected chi connectivity index (χ4v) is 2.50. The van der Waals surface area contributed by atoms with Crippen LogP contribution in [0.15, 0.2) is 12.3 Å². The molecule has 1 aliphatic rings. The van der Waals surface area contributed by atoms with E-state index in [-0.39, 0.29) is 29.4 Å². The zero-order valence-electron chi connectivity index (χ0n) is 10.3. The summed E-state index contributed by atoms with van der Waals surface area (Å²) in [5, 5.41) is 8.85. The zero-order valence-corrected chi connectivity index (χ0v) is 11.1. The molecule has 0 saturated carbocycles. The summed E-state index contributed by atoms with van der Waals surface area (Å²) in [5.41, 5.74) is -0.0943. The summed E-state index contributed by atoms with van der Waals surface area (Å²) in [6.45, 7) is 0.217. The number of aromatic nitrogens is 1. The molecule has 1 saturated heterocycles. The summed E-state index contributed by atoms with van der Waals surface area (Å²) >= 11 is 5.92. The lowest BCUT2D eigenvalue weighted by molar-refractivity contribution is -0.176.